The number of carbonyl (C=O) groups excluding carboxylic acids is 1. The molecule has 0 saturated carbocycles. The highest BCUT2D eigenvalue weighted by Crippen LogP contribution is 2.25. The average molecular weight is 456 g/mol. The van der Waals surface area contributed by atoms with Gasteiger partial charge in [-0.05, 0) is 57.8 Å². The van der Waals surface area contributed by atoms with Crippen LogP contribution in [0.4, 0.5) is 4.39 Å². The predicted molar refractivity (Wildman–Crippen MR) is 94.5 cm³/mol. The van der Waals surface area contributed by atoms with E-state index in [-0.39, 0.29) is 18.8 Å². The molecule has 1 aliphatic heterocycles. The Labute approximate surface area is 156 Å². The fraction of sp³-hybridized carbons (Fsp3) is 0.235. The number of amides is 1. The third-order valence-corrected chi connectivity index (χ3v) is 4.54. The highest BCUT2D eigenvalue weighted by atomic mass is 127. The zero-order valence-electron chi connectivity index (χ0n) is 13.0. The summed E-state index contributed by atoms with van der Waals surface area (Å²) in [6.45, 7) is -0.338. The number of hydrogen-bond acceptors (Lipinski definition) is 4. The first-order chi connectivity index (χ1) is 12.0. The van der Waals surface area contributed by atoms with Crippen molar-refractivity contribution >= 4 is 34.5 Å². The van der Waals surface area contributed by atoms with E-state index in [1.54, 1.807) is 18.3 Å². The first-order valence-electron chi connectivity index (χ1n) is 7.52. The third-order valence-electron chi connectivity index (χ3n) is 3.87. The van der Waals surface area contributed by atoms with Crippen LogP contribution < -0.4 is 0 Å². The van der Waals surface area contributed by atoms with Gasteiger partial charge < -0.3 is 5.11 Å². The molecule has 0 aliphatic carbocycles. The number of pyridine rings is 1. The number of halogens is 2. The lowest BCUT2D eigenvalue weighted by molar-refractivity contribution is -0.165. The molecule has 0 spiro atoms. The smallest absolute Gasteiger partial charge is 0.332 e. The molecule has 130 valence electrons. The number of carbonyl (C=O) groups is 2. The molecule has 1 aromatic heterocycles. The van der Waals surface area contributed by atoms with Crippen LogP contribution in [0.5, 0.6) is 0 Å². The molecule has 6 nitrogen and oxygen atoms in total. The summed E-state index contributed by atoms with van der Waals surface area (Å²) in [5.74, 6) is -1.92. The molecule has 0 unspecified atom stereocenters. The van der Waals surface area contributed by atoms with Crippen LogP contribution in [0, 0.1) is 9.39 Å². The second-order valence-corrected chi connectivity index (χ2v) is 6.82. The zero-order valence-corrected chi connectivity index (χ0v) is 15.2. The first-order valence-corrected chi connectivity index (χ1v) is 8.60. The van der Waals surface area contributed by atoms with E-state index in [0.717, 1.165) is 14.2 Å². The van der Waals surface area contributed by atoms with Gasteiger partial charge in [0.1, 0.15) is 5.82 Å². The number of carboxylic acid groups (broad SMARTS) is 1. The quantitative estimate of drug-likeness (QED) is 0.700. The van der Waals surface area contributed by atoms with E-state index in [0.29, 0.717) is 23.1 Å². The molecule has 1 N–H and O–H groups in total. The molecule has 2 aromatic rings. The molecule has 0 fully saturated rings. The van der Waals surface area contributed by atoms with Gasteiger partial charge in [-0.1, -0.05) is 6.07 Å². The van der Waals surface area contributed by atoms with Crippen LogP contribution in [0.1, 0.15) is 27.0 Å². The molecule has 0 radical (unpaired) electrons. The van der Waals surface area contributed by atoms with Crippen molar-refractivity contribution in [3.63, 3.8) is 0 Å². The van der Waals surface area contributed by atoms with Gasteiger partial charge in [0.25, 0.3) is 5.91 Å². The molecule has 8 heteroatoms. The highest BCUT2D eigenvalue weighted by molar-refractivity contribution is 14.1. The van der Waals surface area contributed by atoms with Crippen LogP contribution >= 0.6 is 22.6 Å². The maximum absolute atomic E-state index is 14.1. The van der Waals surface area contributed by atoms with E-state index in [4.69, 9.17) is 9.94 Å². The number of hydroxylamine groups is 2. The summed E-state index contributed by atoms with van der Waals surface area (Å²) in [5, 5.41) is 9.76. The van der Waals surface area contributed by atoms with Crippen molar-refractivity contribution in [1.29, 1.82) is 0 Å². The van der Waals surface area contributed by atoms with E-state index in [9.17, 15) is 14.0 Å². The van der Waals surface area contributed by atoms with Crippen molar-refractivity contribution in [3.05, 3.63) is 62.2 Å². The molecular formula is C17H14FIN2O4. The second-order valence-electron chi connectivity index (χ2n) is 5.57. The Morgan fingerprint density at radius 1 is 1.36 bits per heavy atom. The summed E-state index contributed by atoms with van der Waals surface area (Å²) >= 11 is 2.03. The molecule has 1 aromatic carbocycles. The highest BCUT2D eigenvalue weighted by Gasteiger charge is 2.28. The van der Waals surface area contributed by atoms with Crippen molar-refractivity contribution in [1.82, 2.24) is 10.0 Å². The molecule has 1 aliphatic rings. The SMILES string of the molecule is O=C(O)CON1CCc2cncc(Cc3ccc(I)cc3F)c2C1=O. The number of carboxylic acids is 1. The van der Waals surface area contributed by atoms with Crippen molar-refractivity contribution in [2.24, 2.45) is 0 Å². The fourth-order valence-electron chi connectivity index (χ4n) is 2.73. The predicted octanol–water partition coefficient (Wildman–Crippen LogP) is 2.43. The minimum absolute atomic E-state index is 0.220. The standard InChI is InChI=1S/C17H14FIN2O4/c18-14-6-13(19)2-1-10(14)5-12-8-20-7-11-3-4-21(17(24)16(11)12)25-9-15(22)23/h1-2,6-8H,3-5,9H2,(H,22,23). The van der Waals surface area contributed by atoms with Crippen molar-refractivity contribution in [2.45, 2.75) is 12.8 Å². The Morgan fingerprint density at radius 2 is 2.16 bits per heavy atom. The van der Waals surface area contributed by atoms with Gasteiger partial charge in [0, 0.05) is 22.4 Å². The van der Waals surface area contributed by atoms with Gasteiger partial charge >= 0.3 is 5.97 Å². The number of hydrogen-bond donors (Lipinski definition) is 1. The van der Waals surface area contributed by atoms with Gasteiger partial charge in [0.15, 0.2) is 6.61 Å². The normalized spacial score (nSPS) is 13.7. The fourth-order valence-corrected chi connectivity index (χ4v) is 3.18. The van der Waals surface area contributed by atoms with Crippen LogP contribution in [0.25, 0.3) is 0 Å². The average Bonchev–Trinajstić information content (AvgIpc) is 2.56. The van der Waals surface area contributed by atoms with Gasteiger partial charge in [-0.25, -0.2) is 14.2 Å². The van der Waals surface area contributed by atoms with Gasteiger partial charge in [0.05, 0.1) is 12.1 Å². The van der Waals surface area contributed by atoms with E-state index < -0.39 is 18.5 Å². The lowest BCUT2D eigenvalue weighted by Gasteiger charge is -2.28. The number of rotatable bonds is 5. The Balaban J connectivity index is 1.90. The topological polar surface area (TPSA) is 79.7 Å². The van der Waals surface area contributed by atoms with Crippen LogP contribution in [-0.2, 0) is 22.5 Å². The lowest BCUT2D eigenvalue weighted by atomic mass is 9.94. The minimum atomic E-state index is -1.16. The number of aliphatic carboxylic acids is 1. The van der Waals surface area contributed by atoms with Crippen LogP contribution in [0.3, 0.4) is 0 Å². The second kappa shape index (κ2) is 7.44. The summed E-state index contributed by atoms with van der Waals surface area (Å²) in [4.78, 5) is 32.5. The zero-order chi connectivity index (χ0) is 18.0. The lowest BCUT2D eigenvalue weighted by Crippen LogP contribution is -2.39. The minimum Gasteiger partial charge on any atom is -0.479 e. The molecule has 25 heavy (non-hydrogen) atoms. The van der Waals surface area contributed by atoms with Gasteiger partial charge in [0.2, 0.25) is 0 Å². The summed E-state index contributed by atoms with van der Waals surface area (Å²) in [6, 6.07) is 4.91. The Kier molecular flexibility index (Phi) is 5.28. The van der Waals surface area contributed by atoms with Crippen LogP contribution in [-0.4, -0.2) is 40.2 Å². The molecule has 0 atom stereocenters. The molecule has 1 amide bonds. The number of nitrogens with zero attached hydrogens (tertiary/aromatic N) is 2. The summed E-state index contributed by atoms with van der Waals surface area (Å²) in [7, 11) is 0. The summed E-state index contributed by atoms with van der Waals surface area (Å²) in [5.41, 5.74) is 2.21. The maximum atomic E-state index is 14.1. The number of fused-ring (bicyclic) bond motifs is 1. The Morgan fingerprint density at radius 3 is 2.88 bits per heavy atom. The van der Waals surface area contributed by atoms with Crippen molar-refractivity contribution in [3.8, 4) is 0 Å². The summed E-state index contributed by atoms with van der Waals surface area (Å²) < 4.78 is 14.9. The number of aromatic nitrogens is 1. The van der Waals surface area contributed by atoms with E-state index in [2.05, 4.69) is 4.98 Å². The van der Waals surface area contributed by atoms with Crippen molar-refractivity contribution < 1.29 is 23.9 Å². The van der Waals surface area contributed by atoms with E-state index >= 15 is 0 Å². The molecule has 3 rings (SSSR count). The maximum Gasteiger partial charge on any atom is 0.332 e. The van der Waals surface area contributed by atoms with Crippen LogP contribution in [0.2, 0.25) is 0 Å². The molecule has 2 heterocycles. The van der Waals surface area contributed by atoms with Gasteiger partial charge in [-0.3, -0.25) is 14.6 Å². The van der Waals surface area contributed by atoms with Crippen LogP contribution in [0.15, 0.2) is 30.6 Å². The molecule has 0 saturated heterocycles. The van der Waals surface area contributed by atoms with E-state index in [1.807, 2.05) is 22.6 Å². The first kappa shape index (κ1) is 17.7. The molecule has 0 bridgehead atoms. The Hall–Kier alpha value is -2.07. The monoisotopic (exact) mass is 456 g/mol. The number of benzene rings is 1. The summed E-state index contributed by atoms with van der Waals surface area (Å²) in [6.07, 6.45) is 3.86. The Bertz CT molecular complexity index is 843. The van der Waals surface area contributed by atoms with E-state index in [1.165, 1.54) is 12.3 Å². The largest absolute Gasteiger partial charge is 0.479 e. The molecular weight excluding hydrogens is 442 g/mol. The van der Waals surface area contributed by atoms with Gasteiger partial charge in [-0.15, -0.1) is 0 Å². The van der Waals surface area contributed by atoms with Crippen molar-refractivity contribution in [2.75, 3.05) is 13.2 Å². The van der Waals surface area contributed by atoms with Gasteiger partial charge in [-0.2, -0.15) is 0 Å². The third kappa shape index (κ3) is 3.96.